The largest absolute Gasteiger partial charge is 0.850 e. The third-order valence-corrected chi connectivity index (χ3v) is 3.38. The van der Waals surface area contributed by atoms with Gasteiger partial charge in [-0.3, -0.25) is 4.79 Å². The van der Waals surface area contributed by atoms with Crippen LogP contribution in [0.3, 0.4) is 0 Å². The van der Waals surface area contributed by atoms with Crippen molar-refractivity contribution in [2.45, 2.75) is 0 Å². The fourth-order valence-corrected chi connectivity index (χ4v) is 2.13. The summed E-state index contributed by atoms with van der Waals surface area (Å²) in [7, 11) is 0. The van der Waals surface area contributed by atoms with Crippen LogP contribution in [0.2, 0.25) is 5.02 Å². The molecule has 0 aliphatic rings. The molecule has 0 N–H and O–H groups in total. The molecular formula is C14H11ClN2O2S. The normalized spacial score (nSPS) is 11.3. The van der Waals surface area contributed by atoms with Gasteiger partial charge >= 0.3 is 0 Å². The molecule has 0 aliphatic heterocycles. The second kappa shape index (κ2) is 7.07. The van der Waals surface area contributed by atoms with Crippen LogP contribution in [0.25, 0.3) is 0 Å². The minimum Gasteiger partial charge on any atom is -0.850 e. The molecule has 0 saturated carbocycles. The molecule has 0 atom stereocenters. The summed E-state index contributed by atoms with van der Waals surface area (Å²) in [6.07, 6.45) is 3.30. The second-order valence-corrected chi connectivity index (χ2v) is 5.20. The van der Waals surface area contributed by atoms with Gasteiger partial charge in [-0.2, -0.15) is 0 Å². The Labute approximate surface area is 125 Å². The predicted octanol–water partition coefficient (Wildman–Crippen LogP) is 1.72. The van der Waals surface area contributed by atoms with Crippen LogP contribution in [0.1, 0.15) is 10.4 Å². The molecule has 1 heterocycles. The van der Waals surface area contributed by atoms with E-state index in [4.69, 9.17) is 11.6 Å². The fourth-order valence-electron chi connectivity index (χ4n) is 1.43. The maximum Gasteiger partial charge on any atom is 0.202 e. The molecule has 0 saturated heterocycles. The van der Waals surface area contributed by atoms with Gasteiger partial charge in [-0.25, -0.2) is 0 Å². The van der Waals surface area contributed by atoms with E-state index in [9.17, 15) is 9.90 Å². The standard InChI is InChI=1S/C14H11ClN2O2S/c15-12-6-4-11(5-7-12)13(18)10-20-14(19)16-17-8-2-1-3-9-17/h1-9H,10H2. The second-order valence-electron chi connectivity index (χ2n) is 3.84. The number of hydrogen-bond donors (Lipinski definition) is 0. The number of hydrogen-bond acceptors (Lipinski definition) is 4. The van der Waals surface area contributed by atoms with E-state index in [-0.39, 0.29) is 11.5 Å². The number of nitrogens with zero attached hydrogens (tertiary/aromatic N) is 2. The van der Waals surface area contributed by atoms with E-state index in [0.717, 1.165) is 11.8 Å². The number of carbonyl (C=O) groups excluding carboxylic acids is 1. The molecule has 0 aliphatic carbocycles. The van der Waals surface area contributed by atoms with Crippen molar-refractivity contribution in [3.8, 4) is 0 Å². The number of Topliss-reactive ketones (excluding diaryl/α,β-unsaturated/α-hetero) is 1. The quantitative estimate of drug-likeness (QED) is 0.374. The van der Waals surface area contributed by atoms with Crippen LogP contribution in [-0.2, 0) is 0 Å². The van der Waals surface area contributed by atoms with Gasteiger partial charge < -0.3 is 5.11 Å². The van der Waals surface area contributed by atoms with Gasteiger partial charge in [-0.15, -0.1) is 11.8 Å². The molecule has 0 amide bonds. The zero-order valence-corrected chi connectivity index (χ0v) is 12.0. The molecule has 1 aromatic heterocycles. The Kier molecular flexibility index (Phi) is 5.15. The Hall–Kier alpha value is -1.85. The van der Waals surface area contributed by atoms with Crippen LogP contribution in [0.15, 0.2) is 60.0 Å². The van der Waals surface area contributed by atoms with E-state index < -0.39 is 5.23 Å². The van der Waals surface area contributed by atoms with Gasteiger partial charge in [0, 0.05) is 22.7 Å². The molecule has 0 radical (unpaired) electrons. The first-order valence-electron chi connectivity index (χ1n) is 5.79. The summed E-state index contributed by atoms with van der Waals surface area (Å²) >= 11 is 6.62. The van der Waals surface area contributed by atoms with Crippen molar-refractivity contribution in [1.82, 2.24) is 0 Å². The molecule has 0 unspecified atom stereocenters. The van der Waals surface area contributed by atoms with E-state index in [1.54, 1.807) is 48.8 Å². The average Bonchev–Trinajstić information content (AvgIpc) is 2.46. The summed E-state index contributed by atoms with van der Waals surface area (Å²) in [6.45, 7) is 0. The van der Waals surface area contributed by atoms with Gasteiger partial charge in [-0.1, -0.05) is 22.3 Å². The summed E-state index contributed by atoms with van der Waals surface area (Å²) in [5.41, 5.74) is 0.530. The molecule has 0 bridgehead atoms. The summed E-state index contributed by atoms with van der Waals surface area (Å²) in [6, 6.07) is 11.9. The highest BCUT2D eigenvalue weighted by Crippen LogP contribution is 2.12. The Balaban J connectivity index is 1.93. The Morgan fingerprint density at radius 3 is 2.50 bits per heavy atom. The van der Waals surface area contributed by atoms with E-state index >= 15 is 0 Å². The molecule has 4 nitrogen and oxygen atoms in total. The predicted molar refractivity (Wildman–Crippen MR) is 77.7 cm³/mol. The average molecular weight is 307 g/mol. The topological polar surface area (TPSA) is 56.4 Å². The third kappa shape index (κ3) is 4.36. The van der Waals surface area contributed by atoms with Crippen LogP contribution >= 0.6 is 23.4 Å². The molecule has 20 heavy (non-hydrogen) atoms. The summed E-state index contributed by atoms with van der Waals surface area (Å²) in [5.74, 6) is -0.0783. The van der Waals surface area contributed by atoms with Gasteiger partial charge in [0.25, 0.3) is 0 Å². The molecule has 0 fully saturated rings. The zero-order valence-electron chi connectivity index (χ0n) is 10.4. The number of ketones is 1. The summed E-state index contributed by atoms with van der Waals surface area (Å²) < 4.78 is 1.40. The number of pyridine rings is 1. The van der Waals surface area contributed by atoms with Crippen molar-refractivity contribution in [2.24, 2.45) is 5.10 Å². The van der Waals surface area contributed by atoms with Crippen LogP contribution in [-0.4, -0.2) is 16.8 Å². The molecule has 1 aromatic carbocycles. The van der Waals surface area contributed by atoms with E-state index in [2.05, 4.69) is 5.10 Å². The van der Waals surface area contributed by atoms with Crippen molar-refractivity contribution < 1.29 is 14.6 Å². The zero-order chi connectivity index (χ0) is 14.4. The van der Waals surface area contributed by atoms with E-state index in [0.29, 0.717) is 10.6 Å². The lowest BCUT2D eigenvalue weighted by Gasteiger charge is -2.05. The lowest BCUT2D eigenvalue weighted by molar-refractivity contribution is -0.681. The van der Waals surface area contributed by atoms with Crippen molar-refractivity contribution >= 4 is 34.4 Å². The first-order valence-corrected chi connectivity index (χ1v) is 7.15. The first kappa shape index (κ1) is 14.6. The smallest absolute Gasteiger partial charge is 0.202 e. The van der Waals surface area contributed by atoms with Crippen molar-refractivity contribution in [3.05, 3.63) is 65.4 Å². The lowest BCUT2D eigenvalue weighted by atomic mass is 10.1. The number of rotatable bonds is 4. The van der Waals surface area contributed by atoms with Crippen LogP contribution in [0.4, 0.5) is 0 Å². The number of thioether (sulfide) groups is 1. The lowest BCUT2D eigenvalue weighted by Crippen LogP contribution is -2.31. The van der Waals surface area contributed by atoms with Crippen LogP contribution in [0.5, 0.6) is 0 Å². The monoisotopic (exact) mass is 306 g/mol. The maximum atomic E-state index is 11.8. The fraction of sp³-hybridized carbons (Fsp3) is 0.0714. The molecule has 2 aromatic rings. The molecule has 102 valence electrons. The van der Waals surface area contributed by atoms with Crippen molar-refractivity contribution in [3.63, 3.8) is 0 Å². The van der Waals surface area contributed by atoms with Gasteiger partial charge in [0.15, 0.2) is 5.78 Å². The minimum absolute atomic E-state index is 0.0529. The molecule has 2 rings (SSSR count). The van der Waals surface area contributed by atoms with Gasteiger partial charge in [0.05, 0.1) is 11.0 Å². The molecular weight excluding hydrogens is 296 g/mol. The van der Waals surface area contributed by atoms with Crippen LogP contribution < -0.4 is 9.78 Å². The third-order valence-electron chi connectivity index (χ3n) is 2.39. The Morgan fingerprint density at radius 1 is 1.20 bits per heavy atom. The highest BCUT2D eigenvalue weighted by Gasteiger charge is 2.06. The number of aromatic nitrogens is 1. The van der Waals surface area contributed by atoms with Gasteiger partial charge in [0.1, 0.15) is 0 Å². The van der Waals surface area contributed by atoms with Crippen molar-refractivity contribution in [1.29, 1.82) is 0 Å². The highest BCUT2D eigenvalue weighted by atomic mass is 35.5. The first-order chi connectivity index (χ1) is 9.65. The molecule has 0 spiro atoms. The number of benzene rings is 1. The van der Waals surface area contributed by atoms with Crippen LogP contribution in [0, 0.1) is 0 Å². The Bertz CT molecular complexity index is 615. The van der Waals surface area contributed by atoms with E-state index in [1.807, 2.05) is 6.07 Å². The van der Waals surface area contributed by atoms with Gasteiger partial charge in [0.2, 0.25) is 12.4 Å². The van der Waals surface area contributed by atoms with Crippen molar-refractivity contribution in [2.75, 3.05) is 5.75 Å². The maximum absolute atomic E-state index is 11.8. The summed E-state index contributed by atoms with van der Waals surface area (Å²) in [4.78, 5) is 11.8. The minimum atomic E-state index is -0.413. The molecule has 6 heteroatoms. The highest BCUT2D eigenvalue weighted by molar-refractivity contribution is 8.13. The number of halogens is 1. The van der Waals surface area contributed by atoms with Gasteiger partial charge in [-0.05, 0) is 29.4 Å². The number of carbonyl (C=O) groups is 1. The Morgan fingerprint density at radius 2 is 1.85 bits per heavy atom. The summed E-state index contributed by atoms with van der Waals surface area (Å²) in [5, 5.41) is 15.6. The van der Waals surface area contributed by atoms with E-state index in [1.165, 1.54) is 4.68 Å². The SMILES string of the molecule is O=C(CS/C([O-])=N/[n+]1ccccc1)c1ccc(Cl)cc1.